The molecule has 0 bridgehead atoms. The van der Waals surface area contributed by atoms with Gasteiger partial charge in [0.1, 0.15) is 0 Å². The summed E-state index contributed by atoms with van der Waals surface area (Å²) < 4.78 is 0. The van der Waals surface area contributed by atoms with E-state index in [1.165, 1.54) is 0 Å². The van der Waals surface area contributed by atoms with Gasteiger partial charge in [0.15, 0.2) is 0 Å². The van der Waals surface area contributed by atoms with Crippen molar-refractivity contribution in [3.8, 4) is 22.5 Å². The van der Waals surface area contributed by atoms with Crippen LogP contribution in [0.25, 0.3) is 33.5 Å². The average Bonchev–Trinajstić information content (AvgIpc) is 2.78. The maximum absolute atomic E-state index is 11.9. The lowest BCUT2D eigenvalue weighted by atomic mass is 10.0. The first-order chi connectivity index (χ1) is 14.2. The number of hydrogen-bond acceptors (Lipinski definition) is 3. The van der Waals surface area contributed by atoms with Crippen LogP contribution in [-0.2, 0) is 0 Å². The first-order valence-electron chi connectivity index (χ1n) is 9.33. The van der Waals surface area contributed by atoms with E-state index >= 15 is 0 Å². The summed E-state index contributed by atoms with van der Waals surface area (Å²) in [4.78, 5) is 21.7. The predicted molar refractivity (Wildman–Crippen MR) is 118 cm³/mol. The molecule has 0 aliphatic heterocycles. The van der Waals surface area contributed by atoms with Crippen LogP contribution in [0.1, 0.15) is 0 Å². The fourth-order valence-electron chi connectivity index (χ4n) is 3.07. The van der Waals surface area contributed by atoms with Gasteiger partial charge in [-0.1, -0.05) is 66.7 Å². The van der Waals surface area contributed by atoms with E-state index in [0.717, 1.165) is 28.0 Å². The van der Waals surface area contributed by atoms with Gasteiger partial charge in [-0.25, -0.2) is 14.8 Å². The van der Waals surface area contributed by atoms with E-state index in [4.69, 9.17) is 9.97 Å². The molecule has 4 rings (SSSR count). The molecule has 1 heterocycles. The van der Waals surface area contributed by atoms with E-state index in [1.54, 1.807) is 6.08 Å². The molecule has 142 valence electrons. The van der Waals surface area contributed by atoms with Gasteiger partial charge in [-0.2, -0.15) is 0 Å². The number of nitrogens with one attached hydrogen (secondary N) is 2. The second-order valence-corrected chi connectivity index (χ2v) is 6.48. The third kappa shape index (κ3) is 4.14. The fourth-order valence-corrected chi connectivity index (χ4v) is 3.07. The van der Waals surface area contributed by atoms with Crippen LogP contribution in [0.15, 0.2) is 91.5 Å². The molecule has 5 heteroatoms. The molecule has 3 aromatic carbocycles. The molecule has 1 aromatic heterocycles. The fraction of sp³-hybridized carbons (Fsp3) is 0.0417. The van der Waals surface area contributed by atoms with Crippen molar-refractivity contribution >= 4 is 22.8 Å². The number of urea groups is 1. The Balaban J connectivity index is 1.80. The number of carbonyl (C=O) groups is 1. The smallest absolute Gasteiger partial charge is 0.319 e. The summed E-state index contributed by atoms with van der Waals surface area (Å²) in [6.45, 7) is 3.99. The van der Waals surface area contributed by atoms with Crippen LogP contribution in [0, 0.1) is 0 Å². The van der Waals surface area contributed by atoms with Gasteiger partial charge in [0, 0.05) is 23.4 Å². The highest BCUT2D eigenvalue weighted by molar-refractivity contribution is 5.93. The average molecular weight is 380 g/mol. The van der Waals surface area contributed by atoms with E-state index < -0.39 is 0 Å². The molecule has 5 nitrogen and oxygen atoms in total. The minimum Gasteiger partial charge on any atom is -0.334 e. The van der Waals surface area contributed by atoms with Crippen LogP contribution >= 0.6 is 0 Å². The maximum Gasteiger partial charge on any atom is 0.319 e. The summed E-state index contributed by atoms with van der Waals surface area (Å²) in [6, 6.07) is 25.2. The molecule has 29 heavy (non-hydrogen) atoms. The standard InChI is InChI=1S/C24H20N4O/c1-2-15-25-24(29)26-19-13-14-20-21(16-19)28-23(18-11-7-4-8-12-18)22(27-20)17-9-5-3-6-10-17/h2-14,16H,1,15H2,(H2,25,26,29). The maximum atomic E-state index is 11.9. The third-order valence-corrected chi connectivity index (χ3v) is 4.42. The topological polar surface area (TPSA) is 66.9 Å². The zero-order chi connectivity index (χ0) is 20.1. The van der Waals surface area contributed by atoms with Crippen molar-refractivity contribution in [2.24, 2.45) is 0 Å². The second-order valence-electron chi connectivity index (χ2n) is 6.48. The number of rotatable bonds is 5. The largest absolute Gasteiger partial charge is 0.334 e. The van der Waals surface area contributed by atoms with E-state index in [0.29, 0.717) is 17.7 Å². The number of nitrogens with zero attached hydrogens (tertiary/aromatic N) is 2. The molecule has 0 aliphatic rings. The first-order valence-corrected chi connectivity index (χ1v) is 9.33. The van der Waals surface area contributed by atoms with Crippen molar-refractivity contribution in [1.82, 2.24) is 15.3 Å². The quantitative estimate of drug-likeness (QED) is 0.464. The molecule has 4 aromatic rings. The van der Waals surface area contributed by atoms with Crippen molar-refractivity contribution in [2.45, 2.75) is 0 Å². The zero-order valence-corrected chi connectivity index (χ0v) is 15.8. The van der Waals surface area contributed by atoms with Crippen LogP contribution < -0.4 is 10.6 Å². The van der Waals surface area contributed by atoms with E-state index in [1.807, 2.05) is 78.9 Å². The Labute approximate surface area is 169 Å². The van der Waals surface area contributed by atoms with Crippen molar-refractivity contribution < 1.29 is 4.79 Å². The summed E-state index contributed by atoms with van der Waals surface area (Å²) in [5, 5.41) is 5.50. The summed E-state index contributed by atoms with van der Waals surface area (Å²) in [7, 11) is 0. The molecule has 0 unspecified atom stereocenters. The molecule has 2 amide bonds. The number of aromatic nitrogens is 2. The van der Waals surface area contributed by atoms with E-state index in [9.17, 15) is 4.79 Å². The molecular formula is C24H20N4O. The van der Waals surface area contributed by atoms with Gasteiger partial charge in [0.2, 0.25) is 0 Å². The minimum absolute atomic E-state index is 0.290. The monoisotopic (exact) mass is 380 g/mol. The summed E-state index contributed by atoms with van der Waals surface area (Å²) in [5.41, 5.74) is 5.76. The lowest BCUT2D eigenvalue weighted by molar-refractivity contribution is 0.253. The van der Waals surface area contributed by atoms with E-state index in [-0.39, 0.29) is 6.03 Å². The molecule has 2 N–H and O–H groups in total. The van der Waals surface area contributed by atoms with Gasteiger partial charge in [-0.05, 0) is 18.2 Å². The first kappa shape index (κ1) is 18.4. The Kier molecular flexibility index (Phi) is 5.29. The Hall–Kier alpha value is -3.99. The van der Waals surface area contributed by atoms with Crippen molar-refractivity contribution in [3.05, 3.63) is 91.5 Å². The van der Waals surface area contributed by atoms with Gasteiger partial charge >= 0.3 is 6.03 Å². The summed E-state index contributed by atoms with van der Waals surface area (Å²) in [5.74, 6) is 0. The molecule has 0 fully saturated rings. The molecule has 0 radical (unpaired) electrons. The van der Waals surface area contributed by atoms with Crippen molar-refractivity contribution in [2.75, 3.05) is 11.9 Å². The Morgan fingerprint density at radius 2 is 1.41 bits per heavy atom. The van der Waals surface area contributed by atoms with Crippen LogP contribution in [-0.4, -0.2) is 22.5 Å². The van der Waals surface area contributed by atoms with Crippen LogP contribution in [0.5, 0.6) is 0 Å². The van der Waals surface area contributed by atoms with Crippen LogP contribution in [0.2, 0.25) is 0 Å². The predicted octanol–water partition coefficient (Wildman–Crippen LogP) is 5.27. The lowest BCUT2D eigenvalue weighted by Crippen LogP contribution is -2.28. The molecule has 0 saturated heterocycles. The van der Waals surface area contributed by atoms with Gasteiger partial charge in [0.05, 0.1) is 22.4 Å². The number of hydrogen-bond donors (Lipinski definition) is 2. The number of fused-ring (bicyclic) bond motifs is 1. The normalized spacial score (nSPS) is 10.5. The van der Waals surface area contributed by atoms with Crippen LogP contribution in [0.3, 0.4) is 0 Å². The van der Waals surface area contributed by atoms with Crippen LogP contribution in [0.4, 0.5) is 10.5 Å². The minimum atomic E-state index is -0.290. The number of benzene rings is 3. The van der Waals surface area contributed by atoms with Crippen molar-refractivity contribution in [3.63, 3.8) is 0 Å². The number of carbonyl (C=O) groups excluding carboxylic acids is 1. The molecule has 0 atom stereocenters. The molecule has 0 spiro atoms. The molecule has 0 aliphatic carbocycles. The van der Waals surface area contributed by atoms with Gasteiger partial charge < -0.3 is 10.6 Å². The lowest BCUT2D eigenvalue weighted by Gasteiger charge is -2.12. The van der Waals surface area contributed by atoms with Gasteiger partial charge in [0.25, 0.3) is 0 Å². The highest BCUT2D eigenvalue weighted by Crippen LogP contribution is 2.31. The van der Waals surface area contributed by atoms with E-state index in [2.05, 4.69) is 17.2 Å². The highest BCUT2D eigenvalue weighted by atomic mass is 16.2. The third-order valence-electron chi connectivity index (χ3n) is 4.42. The summed E-state index contributed by atoms with van der Waals surface area (Å²) >= 11 is 0. The second kappa shape index (κ2) is 8.35. The SMILES string of the molecule is C=CCNC(=O)Nc1ccc2nc(-c3ccccc3)c(-c3ccccc3)nc2c1. The molecule has 0 saturated carbocycles. The van der Waals surface area contributed by atoms with Crippen molar-refractivity contribution in [1.29, 1.82) is 0 Å². The Morgan fingerprint density at radius 3 is 2.00 bits per heavy atom. The number of anilines is 1. The number of amides is 2. The van der Waals surface area contributed by atoms with Gasteiger partial charge in [-0.15, -0.1) is 6.58 Å². The Bertz CT molecular complexity index is 1160. The zero-order valence-electron chi connectivity index (χ0n) is 15.8. The highest BCUT2D eigenvalue weighted by Gasteiger charge is 2.13. The molecular weight excluding hydrogens is 360 g/mol. The summed E-state index contributed by atoms with van der Waals surface area (Å²) in [6.07, 6.45) is 1.63. The Morgan fingerprint density at radius 1 is 0.828 bits per heavy atom. The van der Waals surface area contributed by atoms with Gasteiger partial charge in [-0.3, -0.25) is 0 Å².